The Morgan fingerprint density at radius 1 is 1.44 bits per heavy atom. The van der Waals surface area contributed by atoms with Crippen molar-refractivity contribution in [2.45, 2.75) is 39.7 Å². The minimum Gasteiger partial charge on any atom is -0.496 e. The van der Waals surface area contributed by atoms with E-state index < -0.39 is 0 Å². The van der Waals surface area contributed by atoms with E-state index >= 15 is 0 Å². The van der Waals surface area contributed by atoms with E-state index in [0.29, 0.717) is 6.42 Å². The Morgan fingerprint density at radius 2 is 2.11 bits per heavy atom. The molecule has 0 bridgehead atoms. The van der Waals surface area contributed by atoms with Crippen molar-refractivity contribution < 1.29 is 9.53 Å². The molecule has 0 radical (unpaired) electrons. The predicted molar refractivity (Wildman–Crippen MR) is 74.0 cm³/mol. The molecule has 1 atom stereocenters. The quantitative estimate of drug-likeness (QED) is 0.843. The number of rotatable bonds is 5. The zero-order chi connectivity index (χ0) is 13.7. The Kier molecular flexibility index (Phi) is 5.16. The molecule has 4 nitrogen and oxygen atoms in total. The summed E-state index contributed by atoms with van der Waals surface area (Å²) in [6, 6.07) is 3.74. The van der Waals surface area contributed by atoms with E-state index in [1.807, 2.05) is 32.9 Å². The lowest BCUT2D eigenvalue weighted by molar-refractivity contribution is -0.116. The van der Waals surface area contributed by atoms with Crippen molar-refractivity contribution >= 4 is 11.6 Å². The van der Waals surface area contributed by atoms with Crippen molar-refractivity contribution in [3.05, 3.63) is 23.3 Å². The molecule has 1 aromatic rings. The first-order chi connectivity index (χ1) is 8.49. The van der Waals surface area contributed by atoms with Gasteiger partial charge in [-0.1, -0.05) is 13.0 Å². The Hall–Kier alpha value is -1.55. The number of methoxy groups -OCH3 is 1. The molecular formula is C14H22N2O2. The van der Waals surface area contributed by atoms with Gasteiger partial charge in [-0.2, -0.15) is 0 Å². The highest BCUT2D eigenvalue weighted by Crippen LogP contribution is 2.29. The van der Waals surface area contributed by atoms with Crippen molar-refractivity contribution in [1.29, 1.82) is 0 Å². The zero-order valence-corrected chi connectivity index (χ0v) is 11.5. The summed E-state index contributed by atoms with van der Waals surface area (Å²) < 4.78 is 5.32. The number of nitrogens with two attached hydrogens (primary N) is 1. The molecule has 100 valence electrons. The summed E-state index contributed by atoms with van der Waals surface area (Å²) in [4.78, 5) is 11.8. The second-order valence-corrected chi connectivity index (χ2v) is 4.51. The number of amides is 1. The molecule has 0 saturated heterocycles. The lowest BCUT2D eigenvalue weighted by atomic mass is 10.1. The molecule has 4 heteroatoms. The second kappa shape index (κ2) is 6.40. The van der Waals surface area contributed by atoms with Crippen molar-refractivity contribution in [2.75, 3.05) is 12.4 Å². The van der Waals surface area contributed by atoms with Crippen LogP contribution >= 0.6 is 0 Å². The molecule has 1 aromatic carbocycles. The fourth-order valence-electron chi connectivity index (χ4n) is 1.86. The molecule has 0 aromatic heterocycles. The van der Waals surface area contributed by atoms with Gasteiger partial charge in [0.25, 0.3) is 0 Å². The molecule has 0 heterocycles. The lowest BCUT2D eigenvalue weighted by Gasteiger charge is -2.15. The minimum absolute atomic E-state index is 0.0571. The summed E-state index contributed by atoms with van der Waals surface area (Å²) in [5.41, 5.74) is 8.54. The second-order valence-electron chi connectivity index (χ2n) is 4.51. The molecule has 1 amide bonds. The van der Waals surface area contributed by atoms with Gasteiger partial charge in [0.2, 0.25) is 5.91 Å². The average Bonchev–Trinajstić information content (AvgIpc) is 2.33. The maximum atomic E-state index is 11.8. The fourth-order valence-corrected chi connectivity index (χ4v) is 1.86. The predicted octanol–water partition coefficient (Wildman–Crippen LogP) is 2.38. The third-order valence-electron chi connectivity index (χ3n) is 3.05. The van der Waals surface area contributed by atoms with E-state index in [1.54, 1.807) is 7.11 Å². The van der Waals surface area contributed by atoms with Crippen LogP contribution in [0, 0.1) is 13.8 Å². The van der Waals surface area contributed by atoms with Gasteiger partial charge in [0.1, 0.15) is 5.75 Å². The molecule has 0 fully saturated rings. The number of hydrogen-bond donors (Lipinski definition) is 2. The van der Waals surface area contributed by atoms with Crippen LogP contribution in [0.1, 0.15) is 30.9 Å². The third kappa shape index (κ3) is 3.47. The van der Waals surface area contributed by atoms with Crippen LogP contribution in [0.25, 0.3) is 0 Å². The number of nitrogens with one attached hydrogen (secondary N) is 1. The monoisotopic (exact) mass is 250 g/mol. The van der Waals surface area contributed by atoms with Gasteiger partial charge in [0.05, 0.1) is 7.11 Å². The number of ether oxygens (including phenoxy) is 1. The molecule has 1 rings (SSSR count). The Bertz CT molecular complexity index is 430. The summed E-state index contributed by atoms with van der Waals surface area (Å²) >= 11 is 0. The molecule has 18 heavy (non-hydrogen) atoms. The van der Waals surface area contributed by atoms with Crippen LogP contribution in [-0.2, 0) is 4.79 Å². The Morgan fingerprint density at radius 3 is 2.67 bits per heavy atom. The highest BCUT2D eigenvalue weighted by atomic mass is 16.5. The summed E-state index contributed by atoms with van der Waals surface area (Å²) in [5.74, 6) is 0.756. The molecule has 3 N–H and O–H groups in total. The standard InChI is InChI=1S/C14H22N2O2/c1-5-11(15)8-13(17)16-12-7-6-9(2)14(18-4)10(12)3/h6-7,11H,5,8,15H2,1-4H3,(H,16,17). The largest absolute Gasteiger partial charge is 0.496 e. The minimum atomic E-state index is -0.0855. The van der Waals surface area contributed by atoms with Crippen LogP contribution in [-0.4, -0.2) is 19.1 Å². The summed E-state index contributed by atoms with van der Waals surface area (Å²) in [6.45, 7) is 5.88. The molecular weight excluding hydrogens is 228 g/mol. The van der Waals surface area contributed by atoms with Crippen LogP contribution in [0.2, 0.25) is 0 Å². The van der Waals surface area contributed by atoms with E-state index in [0.717, 1.165) is 29.0 Å². The number of hydrogen-bond acceptors (Lipinski definition) is 3. The number of anilines is 1. The van der Waals surface area contributed by atoms with Gasteiger partial charge in [-0.25, -0.2) is 0 Å². The Balaban J connectivity index is 2.82. The van der Waals surface area contributed by atoms with Gasteiger partial charge in [0.15, 0.2) is 0 Å². The van der Waals surface area contributed by atoms with E-state index in [1.165, 1.54) is 0 Å². The van der Waals surface area contributed by atoms with Crippen molar-refractivity contribution in [1.82, 2.24) is 0 Å². The van der Waals surface area contributed by atoms with Crippen LogP contribution in [0.3, 0.4) is 0 Å². The van der Waals surface area contributed by atoms with E-state index in [2.05, 4.69) is 5.32 Å². The first-order valence-electron chi connectivity index (χ1n) is 6.19. The van der Waals surface area contributed by atoms with Crippen LogP contribution in [0.4, 0.5) is 5.69 Å². The third-order valence-corrected chi connectivity index (χ3v) is 3.05. The number of carbonyl (C=O) groups is 1. The molecule has 0 spiro atoms. The maximum absolute atomic E-state index is 11.8. The smallest absolute Gasteiger partial charge is 0.225 e. The van der Waals surface area contributed by atoms with Gasteiger partial charge in [0, 0.05) is 23.7 Å². The van der Waals surface area contributed by atoms with Crippen LogP contribution in [0.5, 0.6) is 5.75 Å². The lowest BCUT2D eigenvalue weighted by Crippen LogP contribution is -2.26. The molecule has 0 aliphatic heterocycles. The SMILES string of the molecule is CCC(N)CC(=O)Nc1ccc(C)c(OC)c1C. The van der Waals surface area contributed by atoms with Gasteiger partial charge < -0.3 is 15.8 Å². The van der Waals surface area contributed by atoms with E-state index in [-0.39, 0.29) is 11.9 Å². The Labute approximate surface area is 109 Å². The number of aryl methyl sites for hydroxylation is 1. The van der Waals surface area contributed by atoms with Crippen molar-refractivity contribution in [2.24, 2.45) is 5.73 Å². The molecule has 0 saturated carbocycles. The highest BCUT2D eigenvalue weighted by molar-refractivity contribution is 5.92. The summed E-state index contributed by atoms with van der Waals surface area (Å²) in [7, 11) is 1.63. The fraction of sp³-hybridized carbons (Fsp3) is 0.500. The zero-order valence-electron chi connectivity index (χ0n) is 11.5. The topological polar surface area (TPSA) is 64.4 Å². The molecule has 0 aliphatic rings. The first-order valence-corrected chi connectivity index (χ1v) is 6.19. The van der Waals surface area contributed by atoms with Crippen LogP contribution in [0.15, 0.2) is 12.1 Å². The number of benzene rings is 1. The van der Waals surface area contributed by atoms with Crippen molar-refractivity contribution in [3.63, 3.8) is 0 Å². The molecule has 1 unspecified atom stereocenters. The van der Waals surface area contributed by atoms with Gasteiger partial charge in [-0.3, -0.25) is 4.79 Å². The number of carbonyl (C=O) groups excluding carboxylic acids is 1. The van der Waals surface area contributed by atoms with Gasteiger partial charge >= 0.3 is 0 Å². The summed E-state index contributed by atoms with van der Waals surface area (Å²) in [6.07, 6.45) is 1.13. The van der Waals surface area contributed by atoms with Gasteiger partial charge in [-0.15, -0.1) is 0 Å². The summed E-state index contributed by atoms with van der Waals surface area (Å²) in [5, 5.41) is 2.88. The average molecular weight is 250 g/mol. The first kappa shape index (κ1) is 14.5. The van der Waals surface area contributed by atoms with Gasteiger partial charge in [-0.05, 0) is 31.9 Å². The van der Waals surface area contributed by atoms with E-state index in [9.17, 15) is 4.79 Å². The normalized spacial score (nSPS) is 12.1. The maximum Gasteiger partial charge on any atom is 0.225 e. The van der Waals surface area contributed by atoms with Crippen LogP contribution < -0.4 is 15.8 Å². The van der Waals surface area contributed by atoms with E-state index in [4.69, 9.17) is 10.5 Å². The highest BCUT2D eigenvalue weighted by Gasteiger charge is 2.12. The molecule has 0 aliphatic carbocycles. The van der Waals surface area contributed by atoms with Crippen molar-refractivity contribution in [3.8, 4) is 5.75 Å².